The van der Waals surface area contributed by atoms with Crippen LogP contribution < -0.4 is 34.4 Å². The molecule has 18 nitrogen and oxygen atoms in total. The zero-order valence-electron chi connectivity index (χ0n) is 80.1. The number of hydrogen-bond acceptors (Lipinski definition) is 18. The Morgan fingerprint density at radius 3 is 0.885 bits per heavy atom. The molecule has 6 aromatic heterocycles. The fraction of sp³-hybridized carbons (Fsp3) is 0.250. The van der Waals surface area contributed by atoms with Gasteiger partial charge in [0, 0.05) is 87.1 Å². The van der Waals surface area contributed by atoms with E-state index in [0.717, 1.165) is 41.5 Å². The van der Waals surface area contributed by atoms with E-state index in [0.29, 0.717) is 32.1 Å². The third-order valence-corrected chi connectivity index (χ3v) is 14.0. The van der Waals surface area contributed by atoms with Gasteiger partial charge in [-0.1, -0.05) is 69.6 Å². The van der Waals surface area contributed by atoms with Crippen LogP contribution in [0.15, 0.2) is 145 Å². The van der Waals surface area contributed by atoms with Gasteiger partial charge in [-0.15, -0.1) is 0 Å². The molecule has 6 aromatic carbocycles. The van der Waals surface area contributed by atoms with Crippen molar-refractivity contribution in [1.82, 2.24) is 29.9 Å². The van der Waals surface area contributed by atoms with Crippen molar-refractivity contribution in [3.05, 3.63) is 210 Å². The van der Waals surface area contributed by atoms with E-state index in [9.17, 15) is 30.6 Å². The summed E-state index contributed by atoms with van der Waals surface area (Å²) in [6.07, 6.45) is 0. The molecule has 0 aliphatic heterocycles. The number of rotatable bonds is 6. The van der Waals surface area contributed by atoms with Crippen molar-refractivity contribution in [3.63, 3.8) is 0 Å². The number of aliphatic hydroxyl groups is 6. The molecule has 0 fully saturated rings. The predicted molar refractivity (Wildman–Crippen MR) is 398 cm³/mol. The number of hydrogen-bond donors (Lipinski definition) is 12. The highest BCUT2D eigenvalue weighted by atomic mass is 35.5. The quantitative estimate of drug-likeness (QED) is 0.0736. The van der Waals surface area contributed by atoms with Crippen LogP contribution in [-0.2, 0) is 33.6 Å². The molecular formula is C72H78Cl6N12O6. The van der Waals surface area contributed by atoms with Gasteiger partial charge in [-0.2, -0.15) is 0 Å². The van der Waals surface area contributed by atoms with Crippen LogP contribution in [0.2, 0.25) is 30.1 Å². The van der Waals surface area contributed by atoms with Crippen LogP contribution in [0, 0.1) is 0 Å². The summed E-state index contributed by atoms with van der Waals surface area (Å²) in [6, 6.07) is 16.4. The normalized spacial score (nSPS) is 20.2. The third kappa shape index (κ3) is 19.6. The lowest BCUT2D eigenvalue weighted by atomic mass is 10.0. The van der Waals surface area contributed by atoms with Gasteiger partial charge in [-0.25, -0.2) is 29.9 Å². The summed E-state index contributed by atoms with van der Waals surface area (Å²) in [7, 11) is 0. The van der Waals surface area contributed by atoms with Crippen molar-refractivity contribution in [1.29, 1.82) is 0 Å². The van der Waals surface area contributed by atoms with Crippen molar-refractivity contribution < 1.29 is 70.4 Å². The Hall–Kier alpha value is -7.92. The second-order valence-corrected chi connectivity index (χ2v) is 24.5. The van der Waals surface area contributed by atoms with Gasteiger partial charge >= 0.3 is 0 Å². The van der Waals surface area contributed by atoms with Crippen LogP contribution in [-0.4, -0.2) is 60.5 Å². The molecule has 0 bridgehead atoms. The SMILES string of the molecule is [2H]c1c(Cl)c([2H])c2cc(N)c(C(C)(O)C([2H])([2H])[2H])nc2c1[2H].[2H]c1c(Cl)cc([2H])c2nc(C(C)(O)C([2H])([2H])[2H])c(N)cc12.[2H]c1c(Cl)cc2cc(N)c(C(C)(O)C([2H])([2H])[2H])nc2c1[2H].[2H]c1cc(Cl)cc2cc(N)c(C(C)(O)C([2H])([2H])[2H])nc12.[2H]c1cc2nc(C(C)(O)C([2H])([2H])[2H])c(N)cc2c([2H])c1Cl.[2H]c1cc2nc(C(C)(O)C([2H])([2H])[2H])c(N)cc2cc1Cl. The number of nitrogens with zero attached hydrogens (tertiary/aromatic N) is 6. The monoisotopic (exact) mass is 1450 g/mol. The van der Waals surface area contributed by atoms with Crippen LogP contribution in [0.25, 0.3) is 65.4 Å². The minimum absolute atomic E-state index is 0.0168. The molecule has 12 aromatic rings. The number of fused-ring (bicyclic) bond motifs is 6. The van der Waals surface area contributed by atoms with Gasteiger partial charge in [0.2, 0.25) is 0 Å². The zero-order chi connectivity index (χ0) is 96.1. The number of nitrogens with two attached hydrogens (primary N) is 6. The van der Waals surface area contributed by atoms with Gasteiger partial charge in [-0.05, 0) is 228 Å². The summed E-state index contributed by atoms with van der Waals surface area (Å²) >= 11 is 35.0. The first-order valence-electron chi connectivity index (χ1n) is 41.9. The van der Waals surface area contributed by atoms with Crippen molar-refractivity contribution in [2.45, 2.75) is 116 Å². The van der Waals surface area contributed by atoms with Gasteiger partial charge in [-0.3, -0.25) is 0 Å². The number of nitrogen functional groups attached to an aromatic ring is 6. The Kier molecular flexibility index (Phi) is 13.5. The molecule has 96 heavy (non-hydrogen) atoms. The summed E-state index contributed by atoms with van der Waals surface area (Å²) < 4.78 is 219. The van der Waals surface area contributed by atoms with Crippen LogP contribution in [0.5, 0.6) is 0 Å². The topological polar surface area (TPSA) is 355 Å². The van der Waals surface area contributed by atoms with Crippen molar-refractivity contribution in [2.24, 2.45) is 0 Å². The minimum atomic E-state index is -2.79. The Bertz CT molecular complexity index is 6230. The fourth-order valence-corrected chi connectivity index (χ4v) is 9.61. The highest BCUT2D eigenvalue weighted by Crippen LogP contribution is 2.35. The maximum absolute atomic E-state index is 10.3. The minimum Gasteiger partial charge on any atom is -0.397 e. The molecule has 6 heterocycles. The third-order valence-electron chi connectivity index (χ3n) is 12.8. The summed E-state index contributed by atoms with van der Waals surface area (Å²) in [4.78, 5) is 24.2. The second kappa shape index (κ2) is 29.4. The summed E-state index contributed by atoms with van der Waals surface area (Å²) in [5, 5.41) is 64.0. The van der Waals surface area contributed by atoms with E-state index >= 15 is 0 Å². The molecule has 12 rings (SSSR count). The van der Waals surface area contributed by atoms with Crippen molar-refractivity contribution in [3.8, 4) is 0 Å². The lowest BCUT2D eigenvalue weighted by Crippen LogP contribution is -2.19. The first-order valence-corrected chi connectivity index (χ1v) is 29.7. The van der Waals surface area contributed by atoms with Gasteiger partial charge in [0.15, 0.2) is 0 Å². The van der Waals surface area contributed by atoms with Crippen LogP contribution in [0.4, 0.5) is 34.1 Å². The smallest absolute Gasteiger partial charge is 0.103 e. The van der Waals surface area contributed by atoms with E-state index in [1.807, 2.05) is 0 Å². The molecule has 24 heteroatoms. The summed E-state index contributed by atoms with van der Waals surface area (Å²) in [6.45, 7) is -9.74. The lowest BCUT2D eigenvalue weighted by Gasteiger charge is -2.19. The van der Waals surface area contributed by atoms with Gasteiger partial charge in [0.25, 0.3) is 0 Å². The van der Waals surface area contributed by atoms with Gasteiger partial charge in [0.1, 0.15) is 33.6 Å². The maximum atomic E-state index is 10.3. The molecule has 0 amide bonds. The van der Waals surface area contributed by atoms with Crippen LogP contribution in [0.3, 0.4) is 0 Å². The van der Waals surface area contributed by atoms with Gasteiger partial charge in [0.05, 0.1) is 116 Å². The first-order chi connectivity index (χ1) is 56.4. The fourth-order valence-electron chi connectivity index (χ4n) is 8.64. The first kappa shape index (κ1) is 44.1. The molecule has 0 radical (unpaired) electrons. The molecule has 0 aliphatic carbocycles. The molecule has 504 valence electrons. The highest BCUT2D eigenvalue weighted by molar-refractivity contribution is 6.33. The predicted octanol–water partition coefficient (Wildman–Crippen LogP) is 16.2. The Balaban J connectivity index is 0.000000206. The molecule has 0 saturated heterocycles. The molecule has 6 unspecified atom stereocenters. The summed E-state index contributed by atoms with van der Waals surface area (Å²) in [5.41, 5.74) is 20.6. The number of aromatic nitrogens is 6. The lowest BCUT2D eigenvalue weighted by molar-refractivity contribution is 0.0745. The van der Waals surface area contributed by atoms with Gasteiger partial charge < -0.3 is 65.0 Å². The standard InChI is InChI=1S/6C12H13ClN2O/c6*1-12(2,16)11-9(14)6-7-5-8(13)3-4-10(7)15-11/h6*3-6,16H,14H2,1-2H3/i1D3,3D,4D,5D;1D3,4D,5D;1D3,3D,5D;1D3,3D,4D;1D3,4D;1D3,3D. The van der Waals surface area contributed by atoms with E-state index in [2.05, 4.69) is 29.9 Å². The maximum Gasteiger partial charge on any atom is 0.103 e. The average Bonchev–Trinajstić information content (AvgIpc) is 0.695. The number of benzene rings is 6. The Labute approximate surface area is 627 Å². The molecule has 6 atom stereocenters. The number of halogens is 6. The average molecular weight is 1450 g/mol. The van der Waals surface area contributed by atoms with E-state index in [4.69, 9.17) is 144 Å². The molecule has 0 spiro atoms. The zero-order valence-corrected chi connectivity index (χ0v) is 55.6. The largest absolute Gasteiger partial charge is 0.397 e. The van der Waals surface area contributed by atoms with Crippen LogP contribution >= 0.6 is 69.6 Å². The molecule has 0 saturated carbocycles. The van der Waals surface area contributed by atoms with E-state index in [1.165, 1.54) is 72.8 Å². The highest BCUT2D eigenvalue weighted by Gasteiger charge is 2.27. The molecule has 0 aliphatic rings. The Morgan fingerprint density at radius 2 is 0.510 bits per heavy atom. The van der Waals surface area contributed by atoms with E-state index < -0.39 is 80.8 Å². The number of pyridine rings is 6. The van der Waals surface area contributed by atoms with Crippen molar-refractivity contribution in [2.75, 3.05) is 34.4 Å². The van der Waals surface area contributed by atoms with Crippen molar-refractivity contribution >= 4 is 169 Å². The second-order valence-electron chi connectivity index (χ2n) is 22.1. The molecular weight excluding hydrogens is 1340 g/mol. The Morgan fingerprint density at radius 1 is 0.281 bits per heavy atom. The molecule has 18 N–H and O–H groups in total. The number of anilines is 6. The van der Waals surface area contributed by atoms with E-state index in [1.54, 1.807) is 6.07 Å². The summed E-state index contributed by atoms with van der Waals surface area (Å²) in [5.74, 6) is 0. The van der Waals surface area contributed by atoms with E-state index in [-0.39, 0.29) is 192 Å². The van der Waals surface area contributed by atoms with Crippen LogP contribution in [0.1, 0.15) is 157 Å².